The second-order valence-electron chi connectivity index (χ2n) is 4.12. The number of carbonyl (C=O) groups is 1. The lowest BCUT2D eigenvalue weighted by Gasteiger charge is -2.07. The van der Waals surface area contributed by atoms with Gasteiger partial charge in [-0.25, -0.2) is 4.39 Å². The lowest BCUT2D eigenvalue weighted by atomic mass is 10.1. The van der Waals surface area contributed by atoms with Gasteiger partial charge in [0.1, 0.15) is 5.82 Å². The van der Waals surface area contributed by atoms with E-state index >= 15 is 0 Å². The number of hydrogen-bond acceptors (Lipinski definition) is 2. The average Bonchev–Trinajstić information content (AvgIpc) is 2.47. The van der Waals surface area contributed by atoms with Gasteiger partial charge in [0.2, 0.25) is 0 Å². The van der Waals surface area contributed by atoms with Crippen LogP contribution in [0.1, 0.15) is 21.5 Å². The smallest absolute Gasteiger partial charge is 0.254 e. The Bertz CT molecular complexity index is 677. The summed E-state index contributed by atoms with van der Waals surface area (Å²) >= 11 is 3.20. The maximum Gasteiger partial charge on any atom is 0.254 e. The van der Waals surface area contributed by atoms with E-state index in [1.807, 2.05) is 6.07 Å². The summed E-state index contributed by atoms with van der Waals surface area (Å²) in [5, 5.41) is 11.3. The van der Waals surface area contributed by atoms with Gasteiger partial charge in [-0.1, -0.05) is 28.1 Å². The van der Waals surface area contributed by atoms with Crippen molar-refractivity contribution in [2.24, 2.45) is 0 Å². The molecule has 0 bridgehead atoms. The van der Waals surface area contributed by atoms with Crippen LogP contribution in [0.3, 0.4) is 0 Å². The second kappa shape index (κ2) is 6.31. The Morgan fingerprint density at radius 1 is 1.25 bits per heavy atom. The van der Waals surface area contributed by atoms with Gasteiger partial charge < -0.3 is 5.32 Å². The largest absolute Gasteiger partial charge is 0.348 e. The first-order valence-corrected chi connectivity index (χ1v) is 6.62. The standard InChI is InChI=1S/C15H10BrFN2O/c16-12-5-6-14(17)13(7-12)15(20)19-9-11-3-1-10(8-18)2-4-11/h1-7H,9H2,(H,19,20). The average molecular weight is 333 g/mol. The molecule has 20 heavy (non-hydrogen) atoms. The van der Waals surface area contributed by atoms with E-state index in [9.17, 15) is 9.18 Å². The molecule has 5 heteroatoms. The van der Waals surface area contributed by atoms with E-state index in [1.54, 1.807) is 24.3 Å². The number of rotatable bonds is 3. The minimum Gasteiger partial charge on any atom is -0.348 e. The SMILES string of the molecule is N#Cc1ccc(CNC(=O)c2cc(Br)ccc2F)cc1. The highest BCUT2D eigenvalue weighted by Gasteiger charge is 2.11. The molecule has 0 spiro atoms. The number of benzene rings is 2. The Morgan fingerprint density at radius 2 is 1.95 bits per heavy atom. The highest BCUT2D eigenvalue weighted by molar-refractivity contribution is 9.10. The van der Waals surface area contributed by atoms with Gasteiger partial charge in [-0.05, 0) is 35.9 Å². The molecule has 0 aromatic heterocycles. The van der Waals surface area contributed by atoms with Crippen molar-refractivity contribution in [3.8, 4) is 6.07 Å². The molecule has 0 saturated carbocycles. The van der Waals surface area contributed by atoms with E-state index in [0.717, 1.165) is 5.56 Å². The number of nitriles is 1. The van der Waals surface area contributed by atoms with Gasteiger partial charge in [-0.15, -0.1) is 0 Å². The molecule has 0 saturated heterocycles. The first kappa shape index (κ1) is 14.2. The van der Waals surface area contributed by atoms with Crippen LogP contribution >= 0.6 is 15.9 Å². The molecule has 1 amide bonds. The Morgan fingerprint density at radius 3 is 2.60 bits per heavy atom. The minimum atomic E-state index is -0.564. The first-order chi connectivity index (χ1) is 9.60. The third-order valence-corrected chi connectivity index (χ3v) is 3.20. The van der Waals surface area contributed by atoms with Crippen LogP contribution in [0.15, 0.2) is 46.9 Å². The molecular formula is C15H10BrFN2O. The molecule has 0 unspecified atom stereocenters. The van der Waals surface area contributed by atoms with Crippen molar-refractivity contribution in [2.75, 3.05) is 0 Å². The maximum absolute atomic E-state index is 13.5. The van der Waals surface area contributed by atoms with E-state index in [4.69, 9.17) is 5.26 Å². The van der Waals surface area contributed by atoms with E-state index in [1.165, 1.54) is 18.2 Å². The molecule has 2 aromatic carbocycles. The minimum absolute atomic E-state index is 0.00646. The van der Waals surface area contributed by atoms with Crippen molar-refractivity contribution in [1.29, 1.82) is 5.26 Å². The molecule has 3 nitrogen and oxygen atoms in total. The molecule has 1 N–H and O–H groups in total. The lowest BCUT2D eigenvalue weighted by Crippen LogP contribution is -2.23. The normalized spacial score (nSPS) is 9.85. The van der Waals surface area contributed by atoms with Crippen LogP contribution in [0.4, 0.5) is 4.39 Å². The summed E-state index contributed by atoms with van der Waals surface area (Å²) in [5.41, 5.74) is 1.39. The van der Waals surface area contributed by atoms with Crippen LogP contribution in [-0.4, -0.2) is 5.91 Å². The van der Waals surface area contributed by atoms with Gasteiger partial charge in [0, 0.05) is 11.0 Å². The molecule has 0 atom stereocenters. The molecule has 0 aliphatic rings. The van der Waals surface area contributed by atoms with Gasteiger partial charge in [-0.3, -0.25) is 4.79 Å². The molecule has 0 aliphatic carbocycles. The number of nitrogens with zero attached hydrogens (tertiary/aromatic N) is 1. The first-order valence-electron chi connectivity index (χ1n) is 5.82. The molecule has 0 radical (unpaired) electrons. The van der Waals surface area contributed by atoms with E-state index in [-0.39, 0.29) is 12.1 Å². The van der Waals surface area contributed by atoms with Gasteiger partial charge in [-0.2, -0.15) is 5.26 Å². The highest BCUT2D eigenvalue weighted by Crippen LogP contribution is 2.15. The molecule has 2 rings (SSSR count). The number of amides is 1. The number of hydrogen-bond donors (Lipinski definition) is 1. The number of nitrogens with one attached hydrogen (secondary N) is 1. The second-order valence-corrected chi connectivity index (χ2v) is 5.03. The third-order valence-electron chi connectivity index (χ3n) is 2.71. The van der Waals surface area contributed by atoms with Crippen LogP contribution < -0.4 is 5.32 Å². The Hall–Kier alpha value is -2.19. The highest BCUT2D eigenvalue weighted by atomic mass is 79.9. The van der Waals surface area contributed by atoms with E-state index in [2.05, 4.69) is 21.2 Å². The number of carbonyl (C=O) groups excluding carboxylic acids is 1. The van der Waals surface area contributed by atoms with Crippen molar-refractivity contribution < 1.29 is 9.18 Å². The van der Waals surface area contributed by atoms with Crippen molar-refractivity contribution in [1.82, 2.24) is 5.32 Å². The van der Waals surface area contributed by atoms with Gasteiger partial charge in [0.05, 0.1) is 17.2 Å². The van der Waals surface area contributed by atoms with Crippen molar-refractivity contribution in [2.45, 2.75) is 6.54 Å². The van der Waals surface area contributed by atoms with Gasteiger partial charge >= 0.3 is 0 Å². The van der Waals surface area contributed by atoms with Crippen LogP contribution in [0.5, 0.6) is 0 Å². The zero-order chi connectivity index (χ0) is 14.5. The Balaban J connectivity index is 2.04. The summed E-state index contributed by atoms with van der Waals surface area (Å²) in [4.78, 5) is 11.9. The summed E-state index contributed by atoms with van der Waals surface area (Å²) in [6, 6.07) is 13.0. The monoisotopic (exact) mass is 332 g/mol. The predicted octanol–water partition coefficient (Wildman–Crippen LogP) is 3.39. The fraction of sp³-hybridized carbons (Fsp3) is 0.0667. The van der Waals surface area contributed by atoms with Crippen LogP contribution in [0, 0.1) is 17.1 Å². The van der Waals surface area contributed by atoms with E-state index in [0.29, 0.717) is 10.0 Å². The zero-order valence-corrected chi connectivity index (χ0v) is 11.9. The lowest BCUT2D eigenvalue weighted by molar-refractivity contribution is 0.0947. The third kappa shape index (κ3) is 3.43. The summed E-state index contributed by atoms with van der Waals surface area (Å²) in [6.45, 7) is 0.274. The Kier molecular flexibility index (Phi) is 4.49. The topological polar surface area (TPSA) is 52.9 Å². The zero-order valence-electron chi connectivity index (χ0n) is 10.4. The summed E-state index contributed by atoms with van der Waals surface area (Å²) in [7, 11) is 0. The molecular weight excluding hydrogens is 323 g/mol. The van der Waals surface area contributed by atoms with Crippen LogP contribution in [0.25, 0.3) is 0 Å². The molecule has 0 fully saturated rings. The fourth-order valence-electron chi connectivity index (χ4n) is 1.65. The summed E-state index contributed by atoms with van der Waals surface area (Å²) in [5.74, 6) is -1.04. The predicted molar refractivity (Wildman–Crippen MR) is 76.4 cm³/mol. The molecule has 2 aromatic rings. The molecule has 0 aliphatic heterocycles. The van der Waals surface area contributed by atoms with Crippen molar-refractivity contribution in [3.63, 3.8) is 0 Å². The number of halogens is 2. The van der Waals surface area contributed by atoms with Gasteiger partial charge in [0.15, 0.2) is 0 Å². The summed E-state index contributed by atoms with van der Waals surface area (Å²) < 4.78 is 14.2. The fourth-order valence-corrected chi connectivity index (χ4v) is 2.01. The van der Waals surface area contributed by atoms with Crippen molar-refractivity contribution in [3.05, 3.63) is 69.4 Å². The summed E-state index contributed by atoms with van der Waals surface area (Å²) in [6.07, 6.45) is 0. The van der Waals surface area contributed by atoms with Crippen molar-refractivity contribution >= 4 is 21.8 Å². The van der Waals surface area contributed by atoms with Crippen LogP contribution in [0.2, 0.25) is 0 Å². The van der Waals surface area contributed by atoms with Crippen LogP contribution in [-0.2, 0) is 6.54 Å². The quantitative estimate of drug-likeness (QED) is 0.936. The maximum atomic E-state index is 13.5. The molecule has 100 valence electrons. The van der Waals surface area contributed by atoms with E-state index < -0.39 is 11.7 Å². The van der Waals surface area contributed by atoms with Gasteiger partial charge in [0.25, 0.3) is 5.91 Å². The Labute approximate surface area is 124 Å². The molecule has 0 heterocycles.